The predicted molar refractivity (Wildman–Crippen MR) is 87.7 cm³/mol. The summed E-state index contributed by atoms with van der Waals surface area (Å²) < 4.78 is 0.543. The zero-order valence-corrected chi connectivity index (χ0v) is 13.6. The van der Waals surface area contributed by atoms with Crippen LogP contribution in [0.15, 0.2) is 47.1 Å². The Balaban J connectivity index is 2.04. The van der Waals surface area contributed by atoms with Crippen molar-refractivity contribution in [3.63, 3.8) is 0 Å². The summed E-state index contributed by atoms with van der Waals surface area (Å²) in [6, 6.07) is 10.7. The molecule has 0 spiro atoms. The van der Waals surface area contributed by atoms with E-state index in [2.05, 4.69) is 26.2 Å². The number of nitrogens with one attached hydrogen (secondary N) is 1. The lowest BCUT2D eigenvalue weighted by atomic mass is 9.93. The van der Waals surface area contributed by atoms with Gasteiger partial charge in [-0.2, -0.15) is 0 Å². The Kier molecular flexibility index (Phi) is 5.10. The number of halogens is 1. The van der Waals surface area contributed by atoms with Crippen LogP contribution in [0.1, 0.15) is 18.9 Å². The van der Waals surface area contributed by atoms with E-state index in [-0.39, 0.29) is 11.5 Å². The Hall–Kier alpha value is -1.99. The van der Waals surface area contributed by atoms with E-state index in [0.29, 0.717) is 17.4 Å². The van der Waals surface area contributed by atoms with Gasteiger partial charge in [0.1, 0.15) is 0 Å². The average Bonchev–Trinajstić information content (AvgIpc) is 2.49. The SMILES string of the molecule is CC(O)(CCNc1ncc(Br)cc1[N+](=O)[O-])c1ccccc1. The first-order valence-electron chi connectivity index (χ1n) is 6.72. The Morgan fingerprint density at radius 3 is 2.73 bits per heavy atom. The number of benzene rings is 1. The summed E-state index contributed by atoms with van der Waals surface area (Å²) in [4.78, 5) is 14.5. The fourth-order valence-corrected chi connectivity index (χ4v) is 2.39. The first-order valence-corrected chi connectivity index (χ1v) is 7.51. The molecule has 1 heterocycles. The second-order valence-corrected chi connectivity index (χ2v) is 6.01. The van der Waals surface area contributed by atoms with Gasteiger partial charge in [0.25, 0.3) is 0 Å². The van der Waals surface area contributed by atoms with Gasteiger partial charge in [-0.25, -0.2) is 4.98 Å². The monoisotopic (exact) mass is 365 g/mol. The van der Waals surface area contributed by atoms with Crippen molar-refractivity contribution >= 4 is 27.4 Å². The van der Waals surface area contributed by atoms with Crippen LogP contribution in [0.2, 0.25) is 0 Å². The minimum Gasteiger partial charge on any atom is -0.385 e. The first-order chi connectivity index (χ1) is 10.4. The molecule has 22 heavy (non-hydrogen) atoms. The fraction of sp³-hybridized carbons (Fsp3) is 0.267. The molecule has 6 nitrogen and oxygen atoms in total. The summed E-state index contributed by atoms with van der Waals surface area (Å²) in [7, 11) is 0. The normalized spacial score (nSPS) is 13.4. The quantitative estimate of drug-likeness (QED) is 0.604. The lowest BCUT2D eigenvalue weighted by molar-refractivity contribution is -0.384. The number of rotatable bonds is 6. The summed E-state index contributed by atoms with van der Waals surface area (Å²) in [6.07, 6.45) is 1.89. The van der Waals surface area contributed by atoms with Gasteiger partial charge in [0, 0.05) is 23.3 Å². The van der Waals surface area contributed by atoms with Gasteiger partial charge in [0.15, 0.2) is 0 Å². The van der Waals surface area contributed by atoms with Crippen LogP contribution in [0.4, 0.5) is 11.5 Å². The summed E-state index contributed by atoms with van der Waals surface area (Å²) in [5, 5.41) is 24.4. The van der Waals surface area contributed by atoms with Crippen LogP contribution in [-0.4, -0.2) is 21.6 Å². The highest BCUT2D eigenvalue weighted by Crippen LogP contribution is 2.27. The summed E-state index contributed by atoms with van der Waals surface area (Å²) >= 11 is 3.16. The van der Waals surface area contributed by atoms with Gasteiger partial charge in [0.2, 0.25) is 5.82 Å². The molecule has 116 valence electrons. The summed E-state index contributed by atoms with van der Waals surface area (Å²) in [5.41, 5.74) is -0.318. The van der Waals surface area contributed by atoms with Crippen molar-refractivity contribution in [2.75, 3.05) is 11.9 Å². The van der Waals surface area contributed by atoms with Crippen molar-refractivity contribution in [1.29, 1.82) is 0 Å². The zero-order chi connectivity index (χ0) is 16.2. The van der Waals surface area contributed by atoms with Crippen molar-refractivity contribution < 1.29 is 10.0 Å². The number of hydrogen-bond donors (Lipinski definition) is 2. The fourth-order valence-electron chi connectivity index (χ4n) is 2.07. The molecule has 2 aromatic rings. The van der Waals surface area contributed by atoms with Crippen LogP contribution in [0.3, 0.4) is 0 Å². The number of hydrogen-bond acceptors (Lipinski definition) is 5. The Labute approximate surface area is 136 Å². The highest BCUT2D eigenvalue weighted by Gasteiger charge is 2.23. The first kappa shape index (κ1) is 16.4. The molecule has 0 bridgehead atoms. The number of aromatic nitrogens is 1. The molecule has 1 atom stereocenters. The number of anilines is 1. The second kappa shape index (κ2) is 6.85. The zero-order valence-electron chi connectivity index (χ0n) is 12.0. The van der Waals surface area contributed by atoms with Crippen LogP contribution in [0, 0.1) is 10.1 Å². The van der Waals surface area contributed by atoms with Crippen molar-refractivity contribution in [2.24, 2.45) is 0 Å². The van der Waals surface area contributed by atoms with Gasteiger partial charge in [-0.05, 0) is 34.8 Å². The molecule has 1 aromatic carbocycles. The van der Waals surface area contributed by atoms with Gasteiger partial charge in [0.05, 0.1) is 10.5 Å². The van der Waals surface area contributed by atoms with Gasteiger partial charge in [-0.1, -0.05) is 30.3 Å². The predicted octanol–water partition coefficient (Wildman–Crippen LogP) is 3.46. The molecule has 7 heteroatoms. The topological polar surface area (TPSA) is 88.3 Å². The van der Waals surface area contributed by atoms with Crippen LogP contribution < -0.4 is 5.32 Å². The van der Waals surface area contributed by atoms with Crippen molar-refractivity contribution in [1.82, 2.24) is 4.98 Å². The second-order valence-electron chi connectivity index (χ2n) is 5.10. The molecule has 1 aromatic heterocycles. The Morgan fingerprint density at radius 1 is 1.41 bits per heavy atom. The molecule has 0 aliphatic carbocycles. The van der Waals surface area contributed by atoms with Gasteiger partial charge >= 0.3 is 5.69 Å². The summed E-state index contributed by atoms with van der Waals surface area (Å²) in [6.45, 7) is 2.07. The lowest BCUT2D eigenvalue weighted by Crippen LogP contribution is -2.25. The molecule has 0 aliphatic heterocycles. The van der Waals surface area contributed by atoms with E-state index < -0.39 is 10.5 Å². The minimum absolute atomic E-state index is 0.103. The lowest BCUT2D eigenvalue weighted by Gasteiger charge is -2.24. The smallest absolute Gasteiger partial charge is 0.312 e. The molecule has 2 rings (SSSR count). The number of nitro groups is 1. The van der Waals surface area contributed by atoms with Gasteiger partial charge in [-0.15, -0.1) is 0 Å². The number of pyridine rings is 1. The molecule has 0 saturated heterocycles. The van der Waals surface area contributed by atoms with E-state index in [1.165, 1.54) is 12.3 Å². The molecule has 0 aliphatic rings. The van der Waals surface area contributed by atoms with E-state index in [1.54, 1.807) is 6.92 Å². The molecule has 0 saturated carbocycles. The van der Waals surface area contributed by atoms with Crippen molar-refractivity contribution in [3.05, 3.63) is 62.7 Å². The third-order valence-corrected chi connectivity index (χ3v) is 3.76. The minimum atomic E-state index is -1.02. The highest BCUT2D eigenvalue weighted by molar-refractivity contribution is 9.10. The number of aliphatic hydroxyl groups is 1. The van der Waals surface area contributed by atoms with Crippen LogP contribution in [0.25, 0.3) is 0 Å². The maximum atomic E-state index is 11.0. The largest absolute Gasteiger partial charge is 0.385 e. The molecule has 1 unspecified atom stereocenters. The van der Waals surface area contributed by atoms with Crippen LogP contribution >= 0.6 is 15.9 Å². The van der Waals surface area contributed by atoms with Crippen LogP contribution in [-0.2, 0) is 5.60 Å². The molecule has 0 fully saturated rings. The van der Waals surface area contributed by atoms with Gasteiger partial charge < -0.3 is 10.4 Å². The molecular weight excluding hydrogens is 350 g/mol. The maximum Gasteiger partial charge on any atom is 0.312 e. The third-order valence-electron chi connectivity index (χ3n) is 3.33. The summed E-state index contributed by atoms with van der Waals surface area (Å²) in [5.74, 6) is 0.192. The standard InChI is InChI=1S/C15H16BrN3O3/c1-15(20,11-5-3-2-4-6-11)7-8-17-14-13(19(21)22)9-12(16)10-18-14/h2-6,9-10,20H,7-8H2,1H3,(H,17,18). The molecule has 0 radical (unpaired) electrons. The molecule has 0 amide bonds. The maximum absolute atomic E-state index is 11.0. The van der Waals surface area contributed by atoms with E-state index in [0.717, 1.165) is 5.56 Å². The van der Waals surface area contributed by atoms with E-state index in [1.807, 2.05) is 30.3 Å². The molecular formula is C15H16BrN3O3. The van der Waals surface area contributed by atoms with Crippen molar-refractivity contribution in [2.45, 2.75) is 18.9 Å². The van der Waals surface area contributed by atoms with E-state index in [4.69, 9.17) is 0 Å². The van der Waals surface area contributed by atoms with Crippen molar-refractivity contribution in [3.8, 4) is 0 Å². The van der Waals surface area contributed by atoms with E-state index >= 15 is 0 Å². The highest BCUT2D eigenvalue weighted by atomic mass is 79.9. The van der Waals surface area contributed by atoms with E-state index in [9.17, 15) is 15.2 Å². The van der Waals surface area contributed by atoms with Crippen LogP contribution in [0.5, 0.6) is 0 Å². The third kappa shape index (κ3) is 4.02. The van der Waals surface area contributed by atoms with Gasteiger partial charge in [-0.3, -0.25) is 10.1 Å². The average molecular weight is 366 g/mol. The Morgan fingerprint density at radius 2 is 2.09 bits per heavy atom. The number of nitrogens with zero attached hydrogens (tertiary/aromatic N) is 2. The molecule has 2 N–H and O–H groups in total. The Bertz CT molecular complexity index is 662.